The first-order valence-corrected chi connectivity index (χ1v) is 3.45. The fraction of sp³-hybridized carbons (Fsp3) is 0.500. The van der Waals surface area contributed by atoms with Crippen LogP contribution >= 0.6 is 0 Å². The maximum Gasteiger partial charge on any atom is 0.343 e. The number of aliphatic hydroxyl groups excluding tert-OH is 1. The Morgan fingerprint density at radius 1 is 1.92 bits per heavy atom. The van der Waals surface area contributed by atoms with Crippen molar-refractivity contribution in [3.05, 3.63) is 12.2 Å². The van der Waals surface area contributed by atoms with Crippen LogP contribution in [-0.2, 0) is 9.53 Å². The summed E-state index contributed by atoms with van der Waals surface area (Å²) in [7, 11) is 0. The molecular weight excluding hydrogens is 162 g/mol. The molecule has 1 rings (SSSR count). The number of hydrogen-bond acceptors (Lipinski definition) is 5. The molecule has 0 fully saturated rings. The van der Waals surface area contributed by atoms with Gasteiger partial charge in [0, 0.05) is 0 Å². The summed E-state index contributed by atoms with van der Waals surface area (Å²) in [5.74, 6) is -0.636. The van der Waals surface area contributed by atoms with Crippen LogP contribution in [0.1, 0.15) is 18.9 Å². The quantitative estimate of drug-likeness (QED) is 0.593. The molecule has 0 aromatic carbocycles. The van der Waals surface area contributed by atoms with Gasteiger partial charge in [-0.2, -0.15) is 5.10 Å². The summed E-state index contributed by atoms with van der Waals surface area (Å²) in [6.45, 7) is 1.88. The summed E-state index contributed by atoms with van der Waals surface area (Å²) in [5, 5.41) is 15.0. The standard InChI is InChI=1S/C6H9N3O3/c1-2-12-6(11)4(10)5-7-3-8-9-5/h3-4,10H,2H2,1H3,(H,7,8,9). The fourth-order valence-electron chi connectivity index (χ4n) is 0.680. The van der Waals surface area contributed by atoms with Gasteiger partial charge in [0.05, 0.1) is 6.61 Å². The Morgan fingerprint density at radius 3 is 3.17 bits per heavy atom. The number of nitrogens with one attached hydrogen (secondary N) is 1. The van der Waals surface area contributed by atoms with Crippen LogP contribution in [0.5, 0.6) is 0 Å². The van der Waals surface area contributed by atoms with E-state index in [1.807, 2.05) is 0 Å². The fourth-order valence-corrected chi connectivity index (χ4v) is 0.680. The van der Waals surface area contributed by atoms with Crippen molar-refractivity contribution < 1.29 is 14.6 Å². The summed E-state index contributed by atoms with van der Waals surface area (Å²) in [5.41, 5.74) is 0. The van der Waals surface area contributed by atoms with Crippen molar-refractivity contribution in [3.63, 3.8) is 0 Å². The Labute approximate surface area is 68.6 Å². The minimum absolute atomic E-state index is 0.0912. The number of carbonyl (C=O) groups is 1. The molecule has 2 N–H and O–H groups in total. The van der Waals surface area contributed by atoms with Crippen LogP contribution < -0.4 is 0 Å². The molecule has 0 saturated heterocycles. The summed E-state index contributed by atoms with van der Waals surface area (Å²) in [4.78, 5) is 14.5. The maximum absolute atomic E-state index is 10.9. The molecule has 1 heterocycles. The number of H-pyrrole nitrogens is 1. The van der Waals surface area contributed by atoms with Gasteiger partial charge in [0.1, 0.15) is 6.33 Å². The minimum atomic E-state index is -1.37. The predicted molar refractivity (Wildman–Crippen MR) is 38.0 cm³/mol. The first-order chi connectivity index (χ1) is 5.75. The highest BCUT2D eigenvalue weighted by Gasteiger charge is 2.20. The van der Waals surface area contributed by atoms with E-state index in [4.69, 9.17) is 0 Å². The Morgan fingerprint density at radius 2 is 2.67 bits per heavy atom. The number of aromatic amines is 1. The average molecular weight is 171 g/mol. The molecule has 0 aliphatic heterocycles. The number of carbonyl (C=O) groups excluding carboxylic acids is 1. The average Bonchev–Trinajstić information content (AvgIpc) is 2.55. The van der Waals surface area contributed by atoms with E-state index in [0.717, 1.165) is 0 Å². The van der Waals surface area contributed by atoms with Gasteiger partial charge >= 0.3 is 5.97 Å². The van der Waals surface area contributed by atoms with E-state index < -0.39 is 12.1 Å². The second-order valence-corrected chi connectivity index (χ2v) is 2.03. The Bertz CT molecular complexity index is 247. The van der Waals surface area contributed by atoms with Gasteiger partial charge in [-0.05, 0) is 6.92 Å². The molecular formula is C6H9N3O3. The molecule has 1 atom stereocenters. The number of aromatic nitrogens is 3. The Balaban J connectivity index is 2.59. The van der Waals surface area contributed by atoms with Crippen molar-refractivity contribution in [2.75, 3.05) is 6.61 Å². The smallest absolute Gasteiger partial charge is 0.343 e. The molecule has 1 aromatic rings. The predicted octanol–water partition coefficient (Wildman–Crippen LogP) is -0.599. The topological polar surface area (TPSA) is 88.1 Å². The molecule has 0 spiro atoms. The van der Waals surface area contributed by atoms with Gasteiger partial charge in [0.15, 0.2) is 5.82 Å². The Hall–Kier alpha value is -1.43. The summed E-state index contributed by atoms with van der Waals surface area (Å²) < 4.78 is 4.55. The van der Waals surface area contributed by atoms with Crippen molar-refractivity contribution in [2.24, 2.45) is 0 Å². The van der Waals surface area contributed by atoms with Crippen molar-refractivity contribution in [3.8, 4) is 0 Å². The van der Waals surface area contributed by atoms with Crippen LogP contribution in [0, 0.1) is 0 Å². The summed E-state index contributed by atoms with van der Waals surface area (Å²) in [6.07, 6.45) is -0.162. The largest absolute Gasteiger partial charge is 0.464 e. The van der Waals surface area contributed by atoms with Gasteiger partial charge in [0.2, 0.25) is 6.10 Å². The first-order valence-electron chi connectivity index (χ1n) is 3.45. The normalized spacial score (nSPS) is 12.5. The molecule has 0 bridgehead atoms. The lowest BCUT2D eigenvalue weighted by molar-refractivity contribution is -0.153. The highest BCUT2D eigenvalue weighted by atomic mass is 16.5. The summed E-state index contributed by atoms with van der Waals surface area (Å²) >= 11 is 0. The van der Waals surface area contributed by atoms with Gasteiger partial charge in [-0.15, -0.1) is 0 Å². The van der Waals surface area contributed by atoms with Gasteiger partial charge in [-0.1, -0.05) is 0 Å². The molecule has 0 saturated carbocycles. The number of esters is 1. The molecule has 0 aliphatic carbocycles. The molecule has 66 valence electrons. The Kier molecular flexibility index (Phi) is 2.76. The van der Waals surface area contributed by atoms with Crippen LogP contribution in [0.25, 0.3) is 0 Å². The molecule has 12 heavy (non-hydrogen) atoms. The zero-order valence-corrected chi connectivity index (χ0v) is 6.52. The second-order valence-electron chi connectivity index (χ2n) is 2.03. The number of nitrogens with zero attached hydrogens (tertiary/aromatic N) is 2. The number of ether oxygens (including phenoxy) is 1. The lowest BCUT2D eigenvalue weighted by Gasteiger charge is -2.05. The van der Waals surface area contributed by atoms with Crippen molar-refractivity contribution in [1.29, 1.82) is 0 Å². The number of hydrogen-bond donors (Lipinski definition) is 2. The monoisotopic (exact) mass is 171 g/mol. The van der Waals surface area contributed by atoms with E-state index in [0.29, 0.717) is 0 Å². The van der Waals surface area contributed by atoms with Crippen molar-refractivity contribution >= 4 is 5.97 Å². The van der Waals surface area contributed by atoms with Crippen LogP contribution in [0.2, 0.25) is 0 Å². The third-order valence-electron chi connectivity index (χ3n) is 1.20. The molecule has 6 heteroatoms. The van der Waals surface area contributed by atoms with E-state index in [-0.39, 0.29) is 12.4 Å². The van der Waals surface area contributed by atoms with Gasteiger partial charge in [0.25, 0.3) is 0 Å². The summed E-state index contributed by atoms with van der Waals surface area (Å²) in [6, 6.07) is 0. The van der Waals surface area contributed by atoms with Crippen LogP contribution in [0.4, 0.5) is 0 Å². The lowest BCUT2D eigenvalue weighted by Crippen LogP contribution is -2.16. The van der Waals surface area contributed by atoms with Gasteiger partial charge in [-0.25, -0.2) is 9.78 Å². The molecule has 1 aromatic heterocycles. The van der Waals surface area contributed by atoms with Gasteiger partial charge in [-0.3, -0.25) is 5.10 Å². The molecule has 0 radical (unpaired) electrons. The highest BCUT2D eigenvalue weighted by Crippen LogP contribution is 2.06. The molecule has 0 aliphatic rings. The third-order valence-corrected chi connectivity index (χ3v) is 1.20. The molecule has 1 unspecified atom stereocenters. The van der Waals surface area contributed by atoms with E-state index in [1.165, 1.54) is 6.33 Å². The van der Waals surface area contributed by atoms with Crippen LogP contribution in [0.3, 0.4) is 0 Å². The maximum atomic E-state index is 10.9. The van der Waals surface area contributed by atoms with E-state index in [1.54, 1.807) is 6.92 Å². The second kappa shape index (κ2) is 3.82. The van der Waals surface area contributed by atoms with E-state index >= 15 is 0 Å². The van der Waals surface area contributed by atoms with Crippen LogP contribution in [0.15, 0.2) is 6.33 Å². The molecule has 0 amide bonds. The minimum Gasteiger partial charge on any atom is -0.464 e. The number of rotatable bonds is 3. The zero-order valence-electron chi connectivity index (χ0n) is 6.52. The zero-order chi connectivity index (χ0) is 8.97. The number of aliphatic hydroxyl groups is 1. The SMILES string of the molecule is CCOC(=O)C(O)c1ncn[nH]1. The lowest BCUT2D eigenvalue weighted by atomic mass is 10.3. The highest BCUT2D eigenvalue weighted by molar-refractivity contribution is 5.74. The molecule has 6 nitrogen and oxygen atoms in total. The third kappa shape index (κ3) is 1.79. The van der Waals surface area contributed by atoms with Crippen molar-refractivity contribution in [1.82, 2.24) is 15.2 Å². The van der Waals surface area contributed by atoms with E-state index in [9.17, 15) is 9.90 Å². The first kappa shape index (κ1) is 8.66. The van der Waals surface area contributed by atoms with E-state index in [2.05, 4.69) is 19.9 Å². The van der Waals surface area contributed by atoms with Gasteiger partial charge < -0.3 is 9.84 Å². The van der Waals surface area contributed by atoms with Crippen molar-refractivity contribution in [2.45, 2.75) is 13.0 Å². The van der Waals surface area contributed by atoms with Crippen LogP contribution in [-0.4, -0.2) is 32.9 Å².